The summed E-state index contributed by atoms with van der Waals surface area (Å²) in [7, 11) is 0. The van der Waals surface area contributed by atoms with E-state index in [9.17, 15) is 10.3 Å². The molecule has 2 atom stereocenters. The van der Waals surface area contributed by atoms with Gasteiger partial charge in [-0.3, -0.25) is 10.2 Å². The average molecular weight is 690 g/mol. The Balaban J connectivity index is 1.55. The molecule has 10 nitrogen and oxygen atoms in total. The fourth-order valence-electron chi connectivity index (χ4n) is 4.96. The second-order valence-corrected chi connectivity index (χ2v) is 11.6. The maximum atomic E-state index is 14.4. The number of hydrazine groups is 1. The number of ether oxygens (including phenoxy) is 2. The van der Waals surface area contributed by atoms with Crippen molar-refractivity contribution in [3.63, 3.8) is 0 Å². The van der Waals surface area contributed by atoms with Gasteiger partial charge in [-0.2, -0.15) is 0 Å². The van der Waals surface area contributed by atoms with Crippen LogP contribution in [0.2, 0.25) is 5.02 Å². The molecule has 0 aliphatic carbocycles. The number of aliphatic hydroxyl groups is 1. The Bertz CT molecular complexity index is 1700. The van der Waals surface area contributed by atoms with E-state index in [1.165, 1.54) is 0 Å². The van der Waals surface area contributed by atoms with Crippen LogP contribution in [0.1, 0.15) is 34.8 Å². The number of benzene rings is 4. The number of nitrogens with zero attached hydrogens (tertiary/aromatic N) is 4. The largest absolute Gasteiger partial charge is 0.494 e. The maximum absolute atomic E-state index is 14.4. The highest BCUT2D eigenvalue weighted by atomic mass is 79.9. The van der Waals surface area contributed by atoms with Gasteiger partial charge in [-0.15, -0.1) is 0 Å². The van der Waals surface area contributed by atoms with Crippen molar-refractivity contribution in [2.24, 2.45) is 10.1 Å². The number of hydrogen-bond acceptors (Lipinski definition) is 7. The van der Waals surface area contributed by atoms with Crippen LogP contribution in [0.4, 0.5) is 5.69 Å². The van der Waals surface area contributed by atoms with E-state index in [2.05, 4.69) is 36.8 Å². The summed E-state index contributed by atoms with van der Waals surface area (Å²) in [6.07, 6.45) is -0.255. The van der Waals surface area contributed by atoms with E-state index >= 15 is 0 Å². The van der Waals surface area contributed by atoms with Crippen LogP contribution in [0, 0.1) is 0 Å². The summed E-state index contributed by atoms with van der Waals surface area (Å²) < 4.78 is 13.1. The van der Waals surface area contributed by atoms with Crippen molar-refractivity contribution in [3.05, 3.63) is 139 Å². The molecule has 3 N–H and O–H groups in total. The normalized spacial score (nSPS) is 17.1. The zero-order valence-electron chi connectivity index (χ0n) is 24.1. The highest BCUT2D eigenvalue weighted by molar-refractivity contribution is 9.10. The van der Waals surface area contributed by atoms with Crippen LogP contribution in [0.3, 0.4) is 0 Å². The highest BCUT2D eigenvalue weighted by Gasteiger charge is 2.54. The number of nitrogens with one attached hydrogen (secondary N) is 2. The molecule has 0 saturated carbocycles. The lowest BCUT2D eigenvalue weighted by Crippen LogP contribution is -2.53. The lowest BCUT2D eigenvalue weighted by molar-refractivity contribution is -0.130. The first kappa shape index (κ1) is 32.0. The Kier molecular flexibility index (Phi) is 10.7. The molecule has 45 heavy (non-hydrogen) atoms. The molecule has 0 spiro atoms. The lowest BCUT2D eigenvalue weighted by atomic mass is 9.81. The molecule has 12 heteroatoms. The van der Waals surface area contributed by atoms with Gasteiger partial charge in [0.05, 0.1) is 6.61 Å². The summed E-state index contributed by atoms with van der Waals surface area (Å²) in [5.41, 5.74) is 16.9. The molecule has 230 valence electrons. The number of aliphatic imine (C=N–C) groups is 1. The van der Waals surface area contributed by atoms with E-state index in [4.69, 9.17) is 31.2 Å². The van der Waals surface area contributed by atoms with Gasteiger partial charge in [-0.1, -0.05) is 81.2 Å². The molecule has 1 aliphatic heterocycles. The first-order chi connectivity index (χ1) is 21.9. The van der Waals surface area contributed by atoms with Gasteiger partial charge < -0.3 is 14.6 Å². The summed E-state index contributed by atoms with van der Waals surface area (Å²) >= 11 is 9.51. The van der Waals surface area contributed by atoms with Crippen molar-refractivity contribution >= 4 is 45.0 Å². The molecule has 0 unspecified atom stereocenters. The van der Waals surface area contributed by atoms with Crippen molar-refractivity contribution < 1.29 is 19.4 Å². The second-order valence-electron chi connectivity index (χ2n) is 10.3. The van der Waals surface area contributed by atoms with E-state index in [1.54, 1.807) is 60.7 Å². The number of azide groups is 1. The van der Waals surface area contributed by atoms with E-state index in [0.29, 0.717) is 47.2 Å². The van der Waals surface area contributed by atoms with Crippen molar-refractivity contribution in [2.75, 3.05) is 13.2 Å². The number of carbonyl (C=O) groups is 1. The number of carbonyl (C=O) groups excluding carboxylic acids is 1. The Morgan fingerprint density at radius 3 is 2.47 bits per heavy atom. The van der Waals surface area contributed by atoms with Gasteiger partial charge in [0.15, 0.2) is 11.6 Å². The number of halogens is 2. The van der Waals surface area contributed by atoms with Gasteiger partial charge in [-0.25, -0.2) is 10.4 Å². The first-order valence-corrected chi connectivity index (χ1v) is 15.4. The Labute approximate surface area is 273 Å². The zero-order chi connectivity index (χ0) is 31.6. The number of aliphatic hydroxyl groups excluding tert-OH is 1. The summed E-state index contributed by atoms with van der Waals surface area (Å²) in [5, 5.41) is 13.6. The van der Waals surface area contributed by atoms with Crippen LogP contribution in [-0.4, -0.2) is 35.7 Å². The SMILES string of the molecule is [N-]=[N+]=Nc1ccccc1[C@@H]1OC(c2ccc(OCCCO)cc2)=N[C@]1(Cc1ccc(Br)cc1)C(=O)NNCc1ccc(Cl)cc1. The fourth-order valence-corrected chi connectivity index (χ4v) is 5.35. The summed E-state index contributed by atoms with van der Waals surface area (Å²) in [5.74, 6) is 0.447. The third-order valence-electron chi connectivity index (χ3n) is 7.20. The molecule has 0 radical (unpaired) electrons. The van der Waals surface area contributed by atoms with Crippen molar-refractivity contribution in [2.45, 2.75) is 31.0 Å². The predicted molar refractivity (Wildman–Crippen MR) is 176 cm³/mol. The van der Waals surface area contributed by atoms with E-state index < -0.39 is 17.6 Å². The summed E-state index contributed by atoms with van der Waals surface area (Å²) in [6, 6.07) is 29.1. The highest BCUT2D eigenvalue weighted by Crippen LogP contribution is 2.45. The summed E-state index contributed by atoms with van der Waals surface area (Å²) in [6.45, 7) is 0.760. The first-order valence-electron chi connectivity index (χ1n) is 14.2. The van der Waals surface area contributed by atoms with Crippen LogP contribution in [0.15, 0.2) is 112 Å². The molecule has 1 heterocycles. The zero-order valence-corrected chi connectivity index (χ0v) is 26.4. The topological polar surface area (TPSA) is 141 Å². The second kappa shape index (κ2) is 15.1. The molecule has 1 amide bonds. The van der Waals surface area contributed by atoms with Crippen molar-refractivity contribution in [3.8, 4) is 5.75 Å². The van der Waals surface area contributed by atoms with E-state index in [0.717, 1.165) is 15.6 Å². The Hall–Kier alpha value is -4.38. The van der Waals surface area contributed by atoms with Gasteiger partial charge in [-0.05, 0) is 65.2 Å². The number of hydrogen-bond donors (Lipinski definition) is 3. The fraction of sp³-hybridized carbons (Fsp3) is 0.212. The third-order valence-corrected chi connectivity index (χ3v) is 7.98. The number of rotatable bonds is 13. The smallest absolute Gasteiger partial charge is 0.266 e. The van der Waals surface area contributed by atoms with Crippen molar-refractivity contribution in [1.29, 1.82) is 0 Å². The average Bonchev–Trinajstić information content (AvgIpc) is 3.44. The minimum Gasteiger partial charge on any atom is -0.494 e. The van der Waals surface area contributed by atoms with Gasteiger partial charge in [0.2, 0.25) is 5.90 Å². The molecular formula is C33H30BrClN6O4. The van der Waals surface area contributed by atoms with Crippen LogP contribution in [0.25, 0.3) is 10.4 Å². The molecule has 0 saturated heterocycles. The van der Waals surface area contributed by atoms with Crippen molar-refractivity contribution in [1.82, 2.24) is 10.9 Å². The standard InChI is InChI=1S/C33H30BrClN6O4/c34-25-12-6-22(7-13-25)20-33(32(43)40-37-21-23-8-14-26(35)15-9-23)30(28-4-1-2-5-29(28)39-41-36)45-31(38-33)24-10-16-27(17-11-24)44-19-3-18-42/h1-2,4-17,30,37,42H,3,18-21H2,(H,40,43)/t30-,33-/m0/s1. The molecular weight excluding hydrogens is 660 g/mol. The Morgan fingerprint density at radius 1 is 1.04 bits per heavy atom. The van der Waals surface area contributed by atoms with Gasteiger partial charge in [0.25, 0.3) is 5.91 Å². The third kappa shape index (κ3) is 7.83. The molecule has 0 aromatic heterocycles. The molecule has 1 aliphatic rings. The Morgan fingerprint density at radius 2 is 1.76 bits per heavy atom. The van der Waals surface area contributed by atoms with Crippen LogP contribution >= 0.6 is 27.5 Å². The summed E-state index contributed by atoms with van der Waals surface area (Å²) in [4.78, 5) is 22.4. The molecule has 0 bridgehead atoms. The molecule has 0 fully saturated rings. The minimum absolute atomic E-state index is 0.0402. The van der Waals surface area contributed by atoms with Crippen LogP contribution in [-0.2, 0) is 22.5 Å². The van der Waals surface area contributed by atoms with Crippen LogP contribution < -0.4 is 15.6 Å². The quantitative estimate of drug-likeness (QED) is 0.0451. The van der Waals surface area contributed by atoms with Crippen LogP contribution in [0.5, 0.6) is 5.75 Å². The minimum atomic E-state index is -1.51. The van der Waals surface area contributed by atoms with E-state index in [1.807, 2.05) is 36.4 Å². The van der Waals surface area contributed by atoms with Gasteiger partial charge >= 0.3 is 0 Å². The predicted octanol–water partition coefficient (Wildman–Crippen LogP) is 7.13. The molecule has 4 aromatic rings. The lowest BCUT2D eigenvalue weighted by Gasteiger charge is -2.31. The van der Waals surface area contributed by atoms with Gasteiger partial charge in [0, 0.05) is 57.2 Å². The maximum Gasteiger partial charge on any atom is 0.266 e. The monoisotopic (exact) mass is 688 g/mol. The van der Waals surface area contributed by atoms with Gasteiger partial charge in [0.1, 0.15) is 5.75 Å². The molecule has 5 rings (SSSR count). The number of amides is 1. The van der Waals surface area contributed by atoms with E-state index in [-0.39, 0.29) is 18.9 Å². The molecule has 4 aromatic carbocycles.